The summed E-state index contributed by atoms with van der Waals surface area (Å²) in [6, 6.07) is 6.15. The van der Waals surface area contributed by atoms with Crippen molar-refractivity contribution in [2.24, 2.45) is 0 Å². The summed E-state index contributed by atoms with van der Waals surface area (Å²) in [5.74, 6) is 0.141. The van der Waals surface area contributed by atoms with E-state index in [0.29, 0.717) is 0 Å². The molecule has 3 rings (SSSR count). The normalized spacial score (nSPS) is 24.6. The lowest BCUT2D eigenvalue weighted by Crippen LogP contribution is -2.30. The first-order chi connectivity index (χ1) is 7.75. The predicted octanol–water partition coefficient (Wildman–Crippen LogP) is 2.08. The molecule has 1 fully saturated rings. The van der Waals surface area contributed by atoms with Crippen LogP contribution < -0.4 is 5.32 Å². The number of hydrogen-bond acceptors (Lipinski definition) is 2. The molecule has 1 atom stereocenters. The number of carbonyl (C=O) groups is 1. The van der Waals surface area contributed by atoms with E-state index in [0.717, 1.165) is 24.3 Å². The smallest absolute Gasteiger partial charge is 0.246 e. The van der Waals surface area contributed by atoms with Crippen LogP contribution in [-0.4, -0.2) is 23.9 Å². The van der Waals surface area contributed by atoms with Crippen LogP contribution in [0.4, 0.5) is 5.69 Å². The van der Waals surface area contributed by atoms with Crippen LogP contribution in [0.3, 0.4) is 0 Å². The number of amides is 1. The summed E-state index contributed by atoms with van der Waals surface area (Å²) in [6.07, 6.45) is 2.43. The number of fused-ring (bicyclic) bond motifs is 1. The molecule has 3 heteroatoms. The Labute approximate surface area is 95.4 Å². The SMILES string of the molecule is Cc1ccc2c(c1)C(N1CCCC1)C(=O)N2. The summed E-state index contributed by atoms with van der Waals surface area (Å²) in [6.45, 7) is 4.17. The van der Waals surface area contributed by atoms with E-state index in [4.69, 9.17) is 0 Å². The Morgan fingerprint density at radius 2 is 2.06 bits per heavy atom. The van der Waals surface area contributed by atoms with Gasteiger partial charge in [-0.05, 0) is 38.9 Å². The minimum atomic E-state index is -0.0441. The Bertz CT molecular complexity index is 436. The Balaban J connectivity index is 2.00. The molecule has 1 unspecified atom stereocenters. The molecule has 0 radical (unpaired) electrons. The van der Waals surface area contributed by atoms with Gasteiger partial charge in [-0.25, -0.2) is 0 Å². The molecule has 1 aromatic rings. The summed E-state index contributed by atoms with van der Waals surface area (Å²) < 4.78 is 0. The van der Waals surface area contributed by atoms with Crippen LogP contribution >= 0.6 is 0 Å². The second-order valence-corrected chi connectivity index (χ2v) is 4.73. The van der Waals surface area contributed by atoms with Gasteiger partial charge in [0.25, 0.3) is 0 Å². The van der Waals surface area contributed by atoms with Gasteiger partial charge in [0.1, 0.15) is 6.04 Å². The quantitative estimate of drug-likeness (QED) is 0.779. The molecule has 0 aromatic heterocycles. The fourth-order valence-corrected chi connectivity index (χ4v) is 2.73. The standard InChI is InChI=1S/C13H16N2O/c1-9-4-5-11-10(8-9)12(13(16)14-11)15-6-2-3-7-15/h4-5,8,12H,2-3,6-7H2,1H3,(H,14,16). The maximum Gasteiger partial charge on any atom is 0.246 e. The average Bonchev–Trinajstić information content (AvgIpc) is 2.83. The third kappa shape index (κ3) is 1.43. The molecule has 1 N–H and O–H groups in total. The molecule has 3 nitrogen and oxygen atoms in total. The van der Waals surface area contributed by atoms with E-state index in [1.165, 1.54) is 18.4 Å². The number of likely N-dealkylation sites (tertiary alicyclic amines) is 1. The third-order valence-electron chi connectivity index (χ3n) is 3.51. The van der Waals surface area contributed by atoms with Crippen LogP contribution in [-0.2, 0) is 4.79 Å². The topological polar surface area (TPSA) is 32.3 Å². The van der Waals surface area contributed by atoms with Gasteiger partial charge in [-0.15, -0.1) is 0 Å². The van der Waals surface area contributed by atoms with E-state index in [2.05, 4.69) is 23.2 Å². The van der Waals surface area contributed by atoms with Crippen molar-refractivity contribution in [2.75, 3.05) is 18.4 Å². The molecule has 1 amide bonds. The van der Waals surface area contributed by atoms with Crippen molar-refractivity contribution in [1.82, 2.24) is 4.90 Å². The first-order valence-electron chi connectivity index (χ1n) is 5.91. The van der Waals surface area contributed by atoms with Crippen LogP contribution in [0.5, 0.6) is 0 Å². The Morgan fingerprint density at radius 3 is 2.81 bits per heavy atom. The Morgan fingerprint density at radius 1 is 1.31 bits per heavy atom. The molecule has 1 saturated heterocycles. The molecule has 2 heterocycles. The number of anilines is 1. The van der Waals surface area contributed by atoms with Crippen LogP contribution in [0, 0.1) is 6.92 Å². The summed E-state index contributed by atoms with van der Waals surface area (Å²) in [5, 5.41) is 2.97. The molecule has 0 bridgehead atoms. The fourth-order valence-electron chi connectivity index (χ4n) is 2.73. The highest BCUT2D eigenvalue weighted by molar-refractivity contribution is 6.02. The molecule has 1 aromatic carbocycles. The molecule has 16 heavy (non-hydrogen) atoms. The minimum Gasteiger partial charge on any atom is -0.324 e. The number of carbonyl (C=O) groups excluding carboxylic acids is 1. The highest BCUT2D eigenvalue weighted by Crippen LogP contribution is 2.36. The first-order valence-corrected chi connectivity index (χ1v) is 5.91. The van der Waals surface area contributed by atoms with E-state index in [-0.39, 0.29) is 11.9 Å². The van der Waals surface area contributed by atoms with E-state index in [1.54, 1.807) is 0 Å². The molecule has 0 spiro atoms. The zero-order valence-corrected chi connectivity index (χ0v) is 9.49. The van der Waals surface area contributed by atoms with Gasteiger partial charge >= 0.3 is 0 Å². The van der Waals surface area contributed by atoms with Crippen molar-refractivity contribution >= 4 is 11.6 Å². The van der Waals surface area contributed by atoms with Crippen molar-refractivity contribution in [3.63, 3.8) is 0 Å². The second kappa shape index (κ2) is 3.59. The molecular weight excluding hydrogens is 200 g/mol. The number of nitrogens with one attached hydrogen (secondary N) is 1. The van der Waals surface area contributed by atoms with Crippen molar-refractivity contribution in [2.45, 2.75) is 25.8 Å². The van der Waals surface area contributed by atoms with Gasteiger partial charge in [0.2, 0.25) is 5.91 Å². The number of rotatable bonds is 1. The van der Waals surface area contributed by atoms with E-state index >= 15 is 0 Å². The van der Waals surface area contributed by atoms with E-state index in [9.17, 15) is 4.79 Å². The number of benzene rings is 1. The summed E-state index contributed by atoms with van der Waals surface area (Å²) in [5.41, 5.74) is 3.37. The predicted molar refractivity (Wildman–Crippen MR) is 63.4 cm³/mol. The van der Waals surface area contributed by atoms with Gasteiger partial charge in [-0.1, -0.05) is 17.7 Å². The molecule has 2 aliphatic rings. The molecule has 84 valence electrons. The Kier molecular flexibility index (Phi) is 2.21. The lowest BCUT2D eigenvalue weighted by molar-refractivity contribution is -0.120. The second-order valence-electron chi connectivity index (χ2n) is 4.73. The summed E-state index contributed by atoms with van der Waals surface area (Å²) in [7, 11) is 0. The van der Waals surface area contributed by atoms with E-state index in [1.807, 2.05) is 12.1 Å². The average molecular weight is 216 g/mol. The van der Waals surface area contributed by atoms with Crippen molar-refractivity contribution in [3.05, 3.63) is 29.3 Å². The fraction of sp³-hybridized carbons (Fsp3) is 0.462. The van der Waals surface area contributed by atoms with Crippen molar-refractivity contribution < 1.29 is 4.79 Å². The monoisotopic (exact) mass is 216 g/mol. The molecule has 0 saturated carbocycles. The van der Waals surface area contributed by atoms with E-state index < -0.39 is 0 Å². The maximum absolute atomic E-state index is 12.0. The van der Waals surface area contributed by atoms with Crippen LogP contribution in [0.15, 0.2) is 18.2 Å². The van der Waals surface area contributed by atoms with Crippen molar-refractivity contribution in [1.29, 1.82) is 0 Å². The molecular formula is C13H16N2O. The van der Waals surface area contributed by atoms with Gasteiger partial charge in [0, 0.05) is 11.3 Å². The summed E-state index contributed by atoms with van der Waals surface area (Å²) >= 11 is 0. The highest BCUT2D eigenvalue weighted by Gasteiger charge is 2.36. The molecule has 2 aliphatic heterocycles. The van der Waals surface area contributed by atoms with Gasteiger partial charge in [-0.3, -0.25) is 9.69 Å². The van der Waals surface area contributed by atoms with Crippen LogP contribution in [0.1, 0.15) is 30.0 Å². The van der Waals surface area contributed by atoms with Gasteiger partial charge < -0.3 is 5.32 Å². The van der Waals surface area contributed by atoms with Crippen LogP contribution in [0.2, 0.25) is 0 Å². The number of aryl methyl sites for hydroxylation is 1. The summed E-state index contributed by atoms with van der Waals surface area (Å²) in [4.78, 5) is 14.3. The zero-order valence-electron chi connectivity index (χ0n) is 9.49. The Hall–Kier alpha value is -1.35. The van der Waals surface area contributed by atoms with Gasteiger partial charge in [0.15, 0.2) is 0 Å². The number of nitrogens with zero attached hydrogens (tertiary/aromatic N) is 1. The maximum atomic E-state index is 12.0. The van der Waals surface area contributed by atoms with Gasteiger partial charge in [0.05, 0.1) is 0 Å². The minimum absolute atomic E-state index is 0.0441. The first kappa shape index (κ1) is 9.85. The lowest BCUT2D eigenvalue weighted by Gasteiger charge is -2.21. The van der Waals surface area contributed by atoms with Crippen molar-refractivity contribution in [3.8, 4) is 0 Å². The molecule has 0 aliphatic carbocycles. The van der Waals surface area contributed by atoms with Crippen LogP contribution in [0.25, 0.3) is 0 Å². The number of hydrogen-bond donors (Lipinski definition) is 1. The third-order valence-corrected chi connectivity index (χ3v) is 3.51. The van der Waals surface area contributed by atoms with Gasteiger partial charge in [-0.2, -0.15) is 0 Å². The largest absolute Gasteiger partial charge is 0.324 e. The lowest BCUT2D eigenvalue weighted by atomic mass is 10.0. The highest BCUT2D eigenvalue weighted by atomic mass is 16.2. The zero-order chi connectivity index (χ0) is 11.1.